The summed E-state index contributed by atoms with van der Waals surface area (Å²) >= 11 is 0. The van der Waals surface area contributed by atoms with E-state index in [1.165, 1.54) is 6.92 Å². The standard InChI is InChI=1S/C31H26N2O7/c1-13(34)33-20-4-2-3-14(10-20)15-5-6-16-7-17-8-18-9-19-12-22(35)26(31(32)40)30(39)25(19)29(38)24(18)28(37)23(17)27(36)21(16)11-15/h2-7,10-11,18-19,25,36-37,39H,8-9,12H2,1H3,(H2,32,40)(H,33,34). The fourth-order valence-corrected chi connectivity index (χ4v) is 6.57. The summed E-state index contributed by atoms with van der Waals surface area (Å²) in [4.78, 5) is 49.4. The average Bonchev–Trinajstić information content (AvgIpc) is 2.87. The second-order valence-corrected chi connectivity index (χ2v) is 10.7. The number of rotatable bonds is 3. The minimum absolute atomic E-state index is 0.0762. The summed E-state index contributed by atoms with van der Waals surface area (Å²) in [6.45, 7) is 1.43. The molecule has 40 heavy (non-hydrogen) atoms. The normalized spacial score (nSPS) is 22.1. The van der Waals surface area contributed by atoms with Crippen molar-refractivity contribution in [2.45, 2.75) is 26.2 Å². The molecule has 0 saturated heterocycles. The van der Waals surface area contributed by atoms with Crippen molar-refractivity contribution in [3.05, 3.63) is 76.6 Å². The fraction of sp³-hybridized carbons (Fsp3) is 0.226. The Morgan fingerprint density at radius 1 is 0.975 bits per heavy atom. The molecule has 2 amide bonds. The number of allylic oxidation sites excluding steroid dienone is 2. The van der Waals surface area contributed by atoms with Crippen LogP contribution in [-0.4, -0.2) is 38.7 Å². The number of benzene rings is 3. The number of primary amides is 1. The van der Waals surface area contributed by atoms with E-state index < -0.39 is 46.6 Å². The highest BCUT2D eigenvalue weighted by atomic mass is 16.3. The maximum absolute atomic E-state index is 13.6. The Hall–Kier alpha value is -4.92. The topological polar surface area (TPSA) is 167 Å². The lowest BCUT2D eigenvalue weighted by atomic mass is 9.61. The lowest BCUT2D eigenvalue weighted by molar-refractivity contribution is -0.127. The molecule has 3 atom stereocenters. The van der Waals surface area contributed by atoms with Crippen molar-refractivity contribution in [1.82, 2.24) is 0 Å². The van der Waals surface area contributed by atoms with Crippen molar-refractivity contribution in [3.63, 3.8) is 0 Å². The van der Waals surface area contributed by atoms with E-state index in [0.717, 1.165) is 16.5 Å². The number of nitrogens with two attached hydrogens (primary N) is 1. The van der Waals surface area contributed by atoms with Gasteiger partial charge in [-0.15, -0.1) is 0 Å². The number of carbonyl (C=O) groups is 4. The molecule has 6 rings (SSSR count). The largest absolute Gasteiger partial charge is 0.511 e. The number of aliphatic hydroxyl groups is 2. The number of fused-ring (bicyclic) bond motifs is 4. The van der Waals surface area contributed by atoms with Crippen molar-refractivity contribution in [2.24, 2.45) is 23.5 Å². The number of amides is 2. The van der Waals surface area contributed by atoms with Crippen LogP contribution in [0.15, 0.2) is 65.4 Å². The Bertz CT molecular complexity index is 1750. The van der Waals surface area contributed by atoms with Crippen LogP contribution in [0.25, 0.3) is 27.7 Å². The van der Waals surface area contributed by atoms with Gasteiger partial charge in [0.15, 0.2) is 11.6 Å². The molecule has 9 nitrogen and oxygen atoms in total. The van der Waals surface area contributed by atoms with Crippen LogP contribution in [0.2, 0.25) is 0 Å². The van der Waals surface area contributed by atoms with E-state index in [4.69, 9.17) is 5.73 Å². The molecule has 0 bridgehead atoms. The first-order chi connectivity index (χ1) is 19.0. The third-order valence-corrected chi connectivity index (χ3v) is 8.21. The Morgan fingerprint density at radius 3 is 2.45 bits per heavy atom. The molecule has 0 spiro atoms. The monoisotopic (exact) mass is 538 g/mol. The summed E-state index contributed by atoms with van der Waals surface area (Å²) in [6, 6.07) is 14.7. The number of anilines is 1. The van der Waals surface area contributed by atoms with Gasteiger partial charge in [0, 0.05) is 30.0 Å². The molecule has 3 aromatic carbocycles. The van der Waals surface area contributed by atoms with Gasteiger partial charge in [-0.3, -0.25) is 19.2 Å². The number of aliphatic hydroxyl groups excluding tert-OH is 2. The van der Waals surface area contributed by atoms with Crippen LogP contribution in [0.5, 0.6) is 5.75 Å². The molecule has 6 N–H and O–H groups in total. The molecule has 0 aromatic heterocycles. The Kier molecular flexibility index (Phi) is 5.76. The Morgan fingerprint density at radius 2 is 1.73 bits per heavy atom. The highest BCUT2D eigenvalue weighted by Crippen LogP contribution is 2.51. The Labute approximate surface area is 228 Å². The lowest BCUT2D eigenvalue weighted by Gasteiger charge is -2.41. The number of ketones is 2. The number of Topliss-reactive ketones (excluding diaryl/α,β-unsaturated/α-hetero) is 2. The summed E-state index contributed by atoms with van der Waals surface area (Å²) in [7, 11) is 0. The van der Waals surface area contributed by atoms with Crippen molar-refractivity contribution in [1.29, 1.82) is 0 Å². The molecule has 1 fully saturated rings. The van der Waals surface area contributed by atoms with Crippen LogP contribution < -0.4 is 11.1 Å². The summed E-state index contributed by atoms with van der Waals surface area (Å²) in [6.07, 6.45) is 0.611. The first-order valence-electron chi connectivity index (χ1n) is 13.0. The molecule has 9 heteroatoms. The molecule has 3 unspecified atom stereocenters. The molecular formula is C31H26N2O7. The van der Waals surface area contributed by atoms with E-state index in [9.17, 15) is 34.5 Å². The van der Waals surface area contributed by atoms with Crippen molar-refractivity contribution in [3.8, 4) is 16.9 Å². The van der Waals surface area contributed by atoms with Crippen LogP contribution in [0.4, 0.5) is 5.69 Å². The quantitative estimate of drug-likeness (QED) is 0.313. The first kappa shape index (κ1) is 25.4. The van der Waals surface area contributed by atoms with E-state index in [1.54, 1.807) is 12.1 Å². The van der Waals surface area contributed by atoms with Crippen LogP contribution in [-0.2, 0) is 25.6 Å². The second-order valence-electron chi connectivity index (χ2n) is 10.7. The number of aromatic hydroxyl groups is 1. The number of hydrogen-bond acceptors (Lipinski definition) is 7. The highest BCUT2D eigenvalue weighted by Gasteiger charge is 2.50. The summed E-state index contributed by atoms with van der Waals surface area (Å²) < 4.78 is 0. The minimum atomic E-state index is -1.15. The number of phenolic OH excluding ortho intramolecular Hbond substituents is 1. The van der Waals surface area contributed by atoms with Crippen molar-refractivity contribution >= 4 is 45.6 Å². The zero-order chi connectivity index (χ0) is 28.5. The van der Waals surface area contributed by atoms with Crippen molar-refractivity contribution < 1.29 is 34.5 Å². The van der Waals surface area contributed by atoms with Gasteiger partial charge in [-0.1, -0.05) is 30.3 Å². The van der Waals surface area contributed by atoms with Crippen LogP contribution >= 0.6 is 0 Å². The molecule has 202 valence electrons. The van der Waals surface area contributed by atoms with E-state index in [1.807, 2.05) is 36.4 Å². The molecule has 3 aliphatic carbocycles. The van der Waals surface area contributed by atoms with Gasteiger partial charge < -0.3 is 26.4 Å². The zero-order valence-corrected chi connectivity index (χ0v) is 21.5. The van der Waals surface area contributed by atoms with E-state index in [0.29, 0.717) is 29.5 Å². The zero-order valence-electron chi connectivity index (χ0n) is 21.5. The van der Waals surface area contributed by atoms with Gasteiger partial charge in [0.25, 0.3) is 5.91 Å². The fourth-order valence-electron chi connectivity index (χ4n) is 6.57. The number of nitrogens with one attached hydrogen (secondary N) is 1. The molecule has 3 aromatic rings. The maximum atomic E-state index is 13.6. The molecular weight excluding hydrogens is 512 g/mol. The highest BCUT2D eigenvalue weighted by molar-refractivity contribution is 6.21. The van der Waals surface area contributed by atoms with E-state index in [-0.39, 0.29) is 35.0 Å². The number of phenols is 1. The maximum Gasteiger partial charge on any atom is 0.255 e. The van der Waals surface area contributed by atoms with Crippen LogP contribution in [0, 0.1) is 17.8 Å². The van der Waals surface area contributed by atoms with Crippen LogP contribution in [0.3, 0.4) is 0 Å². The smallest absolute Gasteiger partial charge is 0.255 e. The first-order valence-corrected chi connectivity index (χ1v) is 13.0. The number of carbonyl (C=O) groups excluding carboxylic acids is 4. The molecule has 0 heterocycles. The number of hydrogen-bond donors (Lipinski definition) is 5. The predicted molar refractivity (Wildman–Crippen MR) is 147 cm³/mol. The van der Waals surface area contributed by atoms with Gasteiger partial charge in [0.05, 0.1) is 11.5 Å². The van der Waals surface area contributed by atoms with E-state index in [2.05, 4.69) is 5.32 Å². The van der Waals surface area contributed by atoms with Crippen molar-refractivity contribution in [2.75, 3.05) is 5.32 Å². The van der Waals surface area contributed by atoms with Gasteiger partial charge in [-0.05, 0) is 65.0 Å². The molecule has 0 radical (unpaired) electrons. The van der Waals surface area contributed by atoms with Gasteiger partial charge in [0.1, 0.15) is 22.8 Å². The van der Waals surface area contributed by atoms with Gasteiger partial charge in [-0.25, -0.2) is 0 Å². The molecule has 1 saturated carbocycles. The third kappa shape index (κ3) is 3.85. The predicted octanol–water partition coefficient (Wildman–Crippen LogP) is 4.09. The Balaban J connectivity index is 1.46. The van der Waals surface area contributed by atoms with Gasteiger partial charge >= 0.3 is 0 Å². The molecule has 3 aliphatic rings. The lowest BCUT2D eigenvalue weighted by Crippen LogP contribution is -2.44. The minimum Gasteiger partial charge on any atom is -0.511 e. The van der Waals surface area contributed by atoms with Crippen LogP contribution in [0.1, 0.15) is 30.9 Å². The summed E-state index contributed by atoms with van der Waals surface area (Å²) in [5, 5.41) is 37.4. The second kappa shape index (κ2) is 9.08. The SMILES string of the molecule is CC(=O)Nc1cccc(-c2ccc3cc4c(c(O)c3c2)C(O)=C2C(=O)C3C(O)=C(C(N)=O)C(=O)CC3CC2C4)c1. The molecule has 0 aliphatic heterocycles. The third-order valence-electron chi connectivity index (χ3n) is 8.21. The summed E-state index contributed by atoms with van der Waals surface area (Å²) in [5.74, 6) is -5.71. The van der Waals surface area contributed by atoms with E-state index >= 15 is 0 Å². The van der Waals surface area contributed by atoms with Gasteiger partial charge in [-0.2, -0.15) is 0 Å². The summed E-state index contributed by atoms with van der Waals surface area (Å²) in [5.41, 5.74) is 7.83. The average molecular weight is 539 g/mol. The van der Waals surface area contributed by atoms with Gasteiger partial charge in [0.2, 0.25) is 5.91 Å².